The number of hydrogen-bond donors (Lipinski definition) is 1. The SMILES string of the molecule is Cc1ccc(Oc2ccc(N3C(=S)N[C@@H](c4ccccn4)[C@@H]3c3cccn3Cc3ccco3)cc2)cc1. The predicted octanol–water partition coefficient (Wildman–Crippen LogP) is 6.80. The molecule has 6 rings (SSSR count). The summed E-state index contributed by atoms with van der Waals surface area (Å²) < 4.78 is 13.9. The van der Waals surface area contributed by atoms with Crippen molar-refractivity contribution in [3.8, 4) is 11.5 Å². The quantitative estimate of drug-likeness (QED) is 0.245. The summed E-state index contributed by atoms with van der Waals surface area (Å²) in [5.74, 6) is 2.47. The van der Waals surface area contributed by atoms with Crippen LogP contribution in [-0.4, -0.2) is 14.7 Å². The van der Waals surface area contributed by atoms with Gasteiger partial charge in [0.1, 0.15) is 23.3 Å². The Kier molecular flexibility index (Phi) is 6.20. The molecule has 0 aliphatic carbocycles. The molecule has 7 heteroatoms. The van der Waals surface area contributed by atoms with Crippen LogP contribution < -0.4 is 15.0 Å². The molecule has 2 aromatic carbocycles. The average Bonchev–Trinajstić information content (AvgIpc) is 3.67. The molecule has 0 radical (unpaired) electrons. The third kappa shape index (κ3) is 4.73. The van der Waals surface area contributed by atoms with Crippen molar-refractivity contribution >= 4 is 23.0 Å². The van der Waals surface area contributed by atoms with Crippen LogP contribution in [0.1, 0.15) is 34.8 Å². The van der Waals surface area contributed by atoms with E-state index in [9.17, 15) is 0 Å². The zero-order valence-electron chi connectivity index (χ0n) is 20.3. The van der Waals surface area contributed by atoms with Crippen LogP contribution >= 0.6 is 12.2 Å². The van der Waals surface area contributed by atoms with Gasteiger partial charge in [0, 0.05) is 23.8 Å². The van der Waals surface area contributed by atoms with E-state index in [1.54, 1.807) is 6.26 Å². The summed E-state index contributed by atoms with van der Waals surface area (Å²) in [7, 11) is 0. The second-order valence-corrected chi connectivity index (χ2v) is 9.43. The van der Waals surface area contributed by atoms with Crippen LogP contribution in [0.2, 0.25) is 0 Å². The highest BCUT2D eigenvalue weighted by Crippen LogP contribution is 2.42. The number of nitrogens with zero attached hydrogens (tertiary/aromatic N) is 3. The Morgan fingerprint density at radius 3 is 2.41 bits per heavy atom. The number of ether oxygens (including phenoxy) is 1. The van der Waals surface area contributed by atoms with Gasteiger partial charge in [0.2, 0.25) is 0 Å². The molecule has 1 aliphatic heterocycles. The Balaban J connectivity index is 1.35. The number of thiocarbonyl (C=S) groups is 1. The molecule has 0 bridgehead atoms. The Bertz CT molecular complexity index is 1480. The van der Waals surface area contributed by atoms with Gasteiger partial charge in [0.25, 0.3) is 0 Å². The number of benzene rings is 2. The lowest BCUT2D eigenvalue weighted by Gasteiger charge is -2.29. The minimum atomic E-state index is -0.123. The molecule has 0 saturated carbocycles. The zero-order chi connectivity index (χ0) is 25.2. The maximum absolute atomic E-state index is 6.05. The van der Waals surface area contributed by atoms with Gasteiger partial charge in [-0.15, -0.1) is 0 Å². The second kappa shape index (κ2) is 9.95. The first-order valence-electron chi connectivity index (χ1n) is 12.2. The molecule has 1 aliphatic rings. The monoisotopic (exact) mass is 506 g/mol. The Morgan fingerprint density at radius 1 is 0.919 bits per heavy atom. The second-order valence-electron chi connectivity index (χ2n) is 9.05. The van der Waals surface area contributed by atoms with Gasteiger partial charge in [-0.05, 0) is 91.9 Å². The molecule has 5 aromatic rings. The smallest absolute Gasteiger partial charge is 0.174 e. The first-order valence-corrected chi connectivity index (χ1v) is 12.6. The van der Waals surface area contributed by atoms with Gasteiger partial charge >= 0.3 is 0 Å². The Morgan fingerprint density at radius 2 is 1.70 bits per heavy atom. The van der Waals surface area contributed by atoms with Crippen molar-refractivity contribution < 1.29 is 9.15 Å². The summed E-state index contributed by atoms with van der Waals surface area (Å²) in [6, 6.07) is 29.9. The van der Waals surface area contributed by atoms with E-state index in [4.69, 9.17) is 21.4 Å². The largest absolute Gasteiger partial charge is 0.467 e. The van der Waals surface area contributed by atoms with E-state index in [1.807, 2.05) is 85.1 Å². The molecule has 4 heterocycles. The van der Waals surface area contributed by atoms with E-state index in [2.05, 4.69) is 45.0 Å². The molecule has 6 nitrogen and oxygen atoms in total. The Hall–Kier alpha value is -4.36. The van der Waals surface area contributed by atoms with Crippen molar-refractivity contribution in [3.05, 3.63) is 132 Å². The number of rotatable bonds is 7. The zero-order valence-corrected chi connectivity index (χ0v) is 21.1. The summed E-state index contributed by atoms with van der Waals surface area (Å²) in [6.45, 7) is 2.69. The van der Waals surface area contributed by atoms with Crippen LogP contribution in [0.25, 0.3) is 0 Å². The van der Waals surface area contributed by atoms with E-state index < -0.39 is 0 Å². The van der Waals surface area contributed by atoms with E-state index in [-0.39, 0.29) is 12.1 Å². The highest BCUT2D eigenvalue weighted by molar-refractivity contribution is 7.80. The highest BCUT2D eigenvalue weighted by atomic mass is 32.1. The first kappa shape index (κ1) is 23.1. The summed E-state index contributed by atoms with van der Waals surface area (Å²) in [6.07, 6.45) is 5.60. The minimum absolute atomic E-state index is 0.115. The summed E-state index contributed by atoms with van der Waals surface area (Å²) >= 11 is 5.89. The third-order valence-corrected chi connectivity index (χ3v) is 6.86. The van der Waals surface area contributed by atoms with Crippen molar-refractivity contribution in [2.24, 2.45) is 0 Å². The highest BCUT2D eigenvalue weighted by Gasteiger charge is 2.42. The minimum Gasteiger partial charge on any atom is -0.467 e. The molecule has 1 saturated heterocycles. The number of nitrogens with one attached hydrogen (secondary N) is 1. The molecule has 0 amide bonds. The molecular formula is C30H26N4O2S. The van der Waals surface area contributed by atoms with Gasteiger partial charge in [-0.25, -0.2) is 0 Å². The molecule has 184 valence electrons. The van der Waals surface area contributed by atoms with Crippen LogP contribution in [0.15, 0.2) is 114 Å². The molecule has 1 fully saturated rings. The van der Waals surface area contributed by atoms with Crippen LogP contribution in [0, 0.1) is 6.92 Å². The molecular weight excluding hydrogens is 480 g/mol. The maximum Gasteiger partial charge on any atom is 0.174 e. The van der Waals surface area contributed by atoms with Gasteiger partial charge in [-0.1, -0.05) is 23.8 Å². The lowest BCUT2D eigenvalue weighted by Crippen LogP contribution is -2.30. The lowest BCUT2D eigenvalue weighted by atomic mass is 10.0. The number of anilines is 1. The summed E-state index contributed by atoms with van der Waals surface area (Å²) in [4.78, 5) is 6.82. The van der Waals surface area contributed by atoms with Gasteiger partial charge in [0.15, 0.2) is 5.11 Å². The molecule has 0 spiro atoms. The first-order chi connectivity index (χ1) is 18.2. The van der Waals surface area contributed by atoms with Crippen molar-refractivity contribution in [3.63, 3.8) is 0 Å². The fourth-order valence-corrected chi connectivity index (χ4v) is 5.11. The fraction of sp³-hybridized carbons (Fsp3) is 0.133. The molecule has 2 atom stereocenters. The number of aromatic nitrogens is 2. The van der Waals surface area contributed by atoms with E-state index >= 15 is 0 Å². The van der Waals surface area contributed by atoms with Gasteiger partial charge in [-0.3, -0.25) is 4.98 Å². The molecule has 3 aromatic heterocycles. The predicted molar refractivity (Wildman–Crippen MR) is 148 cm³/mol. The average molecular weight is 507 g/mol. The third-order valence-electron chi connectivity index (χ3n) is 6.54. The van der Waals surface area contributed by atoms with Gasteiger partial charge in [0.05, 0.1) is 24.5 Å². The van der Waals surface area contributed by atoms with Crippen molar-refractivity contribution in [2.45, 2.75) is 25.6 Å². The number of furan rings is 1. The normalized spacial score (nSPS) is 17.1. The number of pyridine rings is 1. The number of hydrogen-bond acceptors (Lipinski definition) is 4. The van der Waals surface area contributed by atoms with E-state index in [0.29, 0.717) is 11.7 Å². The van der Waals surface area contributed by atoms with Gasteiger partial charge < -0.3 is 23.9 Å². The van der Waals surface area contributed by atoms with E-state index in [1.165, 1.54) is 5.56 Å². The maximum atomic E-state index is 6.05. The van der Waals surface area contributed by atoms with Crippen molar-refractivity contribution in [1.29, 1.82) is 0 Å². The molecule has 37 heavy (non-hydrogen) atoms. The van der Waals surface area contributed by atoms with Crippen LogP contribution in [0.4, 0.5) is 5.69 Å². The van der Waals surface area contributed by atoms with Crippen LogP contribution in [0.3, 0.4) is 0 Å². The molecule has 0 unspecified atom stereocenters. The van der Waals surface area contributed by atoms with Crippen LogP contribution in [-0.2, 0) is 6.54 Å². The lowest BCUT2D eigenvalue weighted by molar-refractivity contribution is 0.475. The van der Waals surface area contributed by atoms with Crippen molar-refractivity contribution in [2.75, 3.05) is 4.90 Å². The van der Waals surface area contributed by atoms with Crippen LogP contribution in [0.5, 0.6) is 11.5 Å². The number of aryl methyl sites for hydroxylation is 1. The standard InChI is InChI=1S/C30H26N4O2S/c1-21-9-13-23(14-10-21)36-24-15-11-22(12-16-24)34-29(28(32-30(34)37)26-7-2-3-17-31-26)27-8-4-18-33(27)20-25-6-5-19-35-25/h2-19,28-29H,20H2,1H3,(H,32,37)/t28-,29-/m0/s1. The topological polar surface area (TPSA) is 55.5 Å². The van der Waals surface area contributed by atoms with Crippen molar-refractivity contribution in [1.82, 2.24) is 14.9 Å². The summed E-state index contributed by atoms with van der Waals surface area (Å²) in [5.41, 5.74) is 4.22. The molecule has 1 N–H and O–H groups in total. The van der Waals surface area contributed by atoms with Gasteiger partial charge in [-0.2, -0.15) is 0 Å². The summed E-state index contributed by atoms with van der Waals surface area (Å²) in [5, 5.41) is 4.18. The Labute approximate surface area is 221 Å². The fourth-order valence-electron chi connectivity index (χ4n) is 4.76. The van der Waals surface area contributed by atoms with E-state index in [0.717, 1.165) is 34.3 Å².